The Hall–Kier alpha value is -2.03. The lowest BCUT2D eigenvalue weighted by Gasteiger charge is -2.23. The number of ether oxygens (including phenoxy) is 2. The fourth-order valence-corrected chi connectivity index (χ4v) is 2.13. The number of carbonyl (C=O) groups excluding carboxylic acids is 3. The fraction of sp³-hybridized carbons (Fsp3) is 0.842. The summed E-state index contributed by atoms with van der Waals surface area (Å²) in [7, 11) is 1.79. The van der Waals surface area contributed by atoms with Gasteiger partial charge in [-0.2, -0.15) is 0 Å². The van der Waals surface area contributed by atoms with Gasteiger partial charge < -0.3 is 30.7 Å². The van der Waals surface area contributed by atoms with Gasteiger partial charge >= 0.3 is 12.2 Å². The zero-order valence-corrected chi connectivity index (χ0v) is 18.4. The third-order valence-corrected chi connectivity index (χ3v) is 3.27. The largest absolute Gasteiger partial charge is 0.444 e. The van der Waals surface area contributed by atoms with Crippen molar-refractivity contribution in [2.24, 2.45) is 0 Å². The SMILES string of the molecule is CNCCNC(=O)C(CCCCNC(=O)OC(C)(C)C)NC(=O)OC(C)(C)C. The minimum absolute atomic E-state index is 0.263. The van der Waals surface area contributed by atoms with E-state index in [-0.39, 0.29) is 5.91 Å². The van der Waals surface area contributed by atoms with E-state index < -0.39 is 29.4 Å². The molecule has 0 aromatic carbocycles. The van der Waals surface area contributed by atoms with Gasteiger partial charge in [0.25, 0.3) is 0 Å². The van der Waals surface area contributed by atoms with Crippen molar-refractivity contribution in [1.82, 2.24) is 21.3 Å². The molecule has 0 bridgehead atoms. The predicted octanol–water partition coefficient (Wildman–Crippen LogP) is 1.91. The molecule has 0 aliphatic rings. The normalized spacial score (nSPS) is 12.7. The van der Waals surface area contributed by atoms with Crippen molar-refractivity contribution in [3.8, 4) is 0 Å². The van der Waals surface area contributed by atoms with Crippen molar-refractivity contribution in [3.05, 3.63) is 0 Å². The van der Waals surface area contributed by atoms with Gasteiger partial charge in [-0.1, -0.05) is 0 Å². The van der Waals surface area contributed by atoms with E-state index in [9.17, 15) is 14.4 Å². The van der Waals surface area contributed by atoms with Crippen LogP contribution in [0.25, 0.3) is 0 Å². The Balaban J connectivity index is 4.45. The zero-order chi connectivity index (χ0) is 21.8. The number of alkyl carbamates (subject to hydrolysis) is 2. The Morgan fingerprint density at radius 2 is 1.36 bits per heavy atom. The molecule has 0 aliphatic carbocycles. The highest BCUT2D eigenvalue weighted by molar-refractivity contribution is 5.85. The van der Waals surface area contributed by atoms with Crippen LogP contribution in [0.3, 0.4) is 0 Å². The van der Waals surface area contributed by atoms with Crippen LogP contribution >= 0.6 is 0 Å². The van der Waals surface area contributed by atoms with Gasteiger partial charge in [0.05, 0.1) is 0 Å². The van der Waals surface area contributed by atoms with E-state index in [0.29, 0.717) is 38.9 Å². The number of nitrogens with one attached hydrogen (secondary N) is 4. The summed E-state index contributed by atoms with van der Waals surface area (Å²) in [6.45, 7) is 12.2. The number of rotatable bonds is 10. The Morgan fingerprint density at radius 3 is 1.89 bits per heavy atom. The molecule has 28 heavy (non-hydrogen) atoms. The first-order valence-corrected chi connectivity index (χ1v) is 9.73. The molecule has 0 heterocycles. The first-order chi connectivity index (χ1) is 12.8. The summed E-state index contributed by atoms with van der Waals surface area (Å²) in [5.74, 6) is -0.263. The second-order valence-corrected chi connectivity index (χ2v) is 8.52. The van der Waals surface area contributed by atoms with E-state index >= 15 is 0 Å². The van der Waals surface area contributed by atoms with E-state index in [4.69, 9.17) is 9.47 Å². The molecule has 0 spiro atoms. The van der Waals surface area contributed by atoms with Gasteiger partial charge in [-0.25, -0.2) is 9.59 Å². The molecular formula is C19H38N4O5. The molecule has 1 atom stereocenters. The van der Waals surface area contributed by atoms with Crippen molar-refractivity contribution in [2.45, 2.75) is 78.0 Å². The molecule has 3 amide bonds. The lowest BCUT2D eigenvalue weighted by molar-refractivity contribution is -0.123. The van der Waals surface area contributed by atoms with Crippen LogP contribution in [0.4, 0.5) is 9.59 Å². The van der Waals surface area contributed by atoms with Crippen LogP contribution in [-0.4, -0.2) is 62.0 Å². The monoisotopic (exact) mass is 402 g/mol. The molecule has 4 N–H and O–H groups in total. The van der Waals surface area contributed by atoms with Gasteiger partial charge in [-0.05, 0) is 67.9 Å². The van der Waals surface area contributed by atoms with Crippen molar-refractivity contribution in [3.63, 3.8) is 0 Å². The van der Waals surface area contributed by atoms with Gasteiger partial charge in [0.2, 0.25) is 5.91 Å². The quantitative estimate of drug-likeness (QED) is 0.415. The highest BCUT2D eigenvalue weighted by atomic mass is 16.6. The van der Waals surface area contributed by atoms with Crippen LogP contribution in [0.15, 0.2) is 0 Å². The lowest BCUT2D eigenvalue weighted by atomic mass is 10.1. The van der Waals surface area contributed by atoms with E-state index in [2.05, 4.69) is 21.3 Å². The lowest BCUT2D eigenvalue weighted by Crippen LogP contribution is -2.49. The first kappa shape index (κ1) is 26.0. The van der Waals surface area contributed by atoms with Gasteiger partial charge in [0.15, 0.2) is 0 Å². The van der Waals surface area contributed by atoms with Crippen LogP contribution in [0.1, 0.15) is 60.8 Å². The Labute approximate surface area is 168 Å². The highest BCUT2D eigenvalue weighted by Crippen LogP contribution is 2.09. The molecule has 0 saturated carbocycles. The average molecular weight is 403 g/mol. The minimum atomic E-state index is -0.701. The predicted molar refractivity (Wildman–Crippen MR) is 108 cm³/mol. The zero-order valence-electron chi connectivity index (χ0n) is 18.4. The molecule has 0 rings (SSSR count). The second kappa shape index (κ2) is 12.4. The maximum atomic E-state index is 12.3. The summed E-state index contributed by atoms with van der Waals surface area (Å²) in [4.78, 5) is 36.0. The molecule has 1 unspecified atom stereocenters. The van der Waals surface area contributed by atoms with Gasteiger partial charge in [-0.15, -0.1) is 0 Å². The topological polar surface area (TPSA) is 118 Å². The van der Waals surface area contributed by atoms with Gasteiger partial charge in [0, 0.05) is 19.6 Å². The van der Waals surface area contributed by atoms with E-state index in [0.717, 1.165) is 0 Å². The van der Waals surface area contributed by atoms with E-state index in [1.165, 1.54) is 0 Å². The van der Waals surface area contributed by atoms with E-state index in [1.807, 2.05) is 0 Å². The third kappa shape index (κ3) is 15.1. The first-order valence-electron chi connectivity index (χ1n) is 9.73. The molecule has 9 nitrogen and oxygen atoms in total. The maximum absolute atomic E-state index is 12.3. The third-order valence-electron chi connectivity index (χ3n) is 3.27. The van der Waals surface area contributed by atoms with Crippen LogP contribution in [0.5, 0.6) is 0 Å². The number of amides is 3. The summed E-state index contributed by atoms with van der Waals surface area (Å²) < 4.78 is 10.4. The molecule has 0 saturated heterocycles. The van der Waals surface area contributed by atoms with Crippen LogP contribution in [0, 0.1) is 0 Å². The van der Waals surface area contributed by atoms with Crippen molar-refractivity contribution >= 4 is 18.1 Å². The standard InChI is InChI=1S/C19H38N4O5/c1-18(2,3)27-16(25)22-11-9-8-10-14(15(24)21-13-12-20-7)23-17(26)28-19(4,5)6/h14,20H,8-13H2,1-7H3,(H,21,24)(H,22,25)(H,23,26). The van der Waals surface area contributed by atoms with Crippen LogP contribution < -0.4 is 21.3 Å². The fourth-order valence-electron chi connectivity index (χ4n) is 2.13. The Bertz CT molecular complexity index is 498. The van der Waals surface area contributed by atoms with Crippen molar-refractivity contribution in [1.29, 1.82) is 0 Å². The van der Waals surface area contributed by atoms with Crippen molar-refractivity contribution < 1.29 is 23.9 Å². The molecule has 164 valence electrons. The van der Waals surface area contributed by atoms with Crippen molar-refractivity contribution in [2.75, 3.05) is 26.7 Å². The number of hydrogen-bond donors (Lipinski definition) is 4. The number of carbonyl (C=O) groups is 3. The molecule has 9 heteroatoms. The molecule has 0 aromatic rings. The molecule has 0 aromatic heterocycles. The highest BCUT2D eigenvalue weighted by Gasteiger charge is 2.24. The summed E-state index contributed by atoms with van der Waals surface area (Å²) in [5, 5.41) is 11.0. The summed E-state index contributed by atoms with van der Waals surface area (Å²) in [6.07, 6.45) is 0.611. The summed E-state index contributed by atoms with van der Waals surface area (Å²) in [5.41, 5.74) is -1.19. The molecule has 0 fully saturated rings. The summed E-state index contributed by atoms with van der Waals surface area (Å²) in [6, 6.07) is -0.701. The Kier molecular flexibility index (Phi) is 11.5. The molecule has 0 radical (unpaired) electrons. The number of likely N-dealkylation sites (N-methyl/N-ethyl adjacent to an activating group) is 1. The smallest absolute Gasteiger partial charge is 0.408 e. The Morgan fingerprint density at radius 1 is 0.786 bits per heavy atom. The van der Waals surface area contributed by atoms with Gasteiger partial charge in [-0.3, -0.25) is 4.79 Å². The summed E-state index contributed by atoms with van der Waals surface area (Å²) >= 11 is 0. The van der Waals surface area contributed by atoms with Crippen LogP contribution in [-0.2, 0) is 14.3 Å². The average Bonchev–Trinajstić information content (AvgIpc) is 2.50. The second-order valence-electron chi connectivity index (χ2n) is 8.52. The van der Waals surface area contributed by atoms with Gasteiger partial charge in [0.1, 0.15) is 17.2 Å². The number of unbranched alkanes of at least 4 members (excludes halogenated alkanes) is 1. The van der Waals surface area contributed by atoms with E-state index in [1.54, 1.807) is 48.6 Å². The molecular weight excluding hydrogens is 364 g/mol. The molecule has 0 aliphatic heterocycles. The minimum Gasteiger partial charge on any atom is -0.444 e. The maximum Gasteiger partial charge on any atom is 0.408 e. The number of hydrogen-bond acceptors (Lipinski definition) is 6. The van der Waals surface area contributed by atoms with Crippen LogP contribution in [0.2, 0.25) is 0 Å².